The van der Waals surface area contributed by atoms with Gasteiger partial charge in [-0.25, -0.2) is 0 Å². The third-order valence-corrected chi connectivity index (χ3v) is 4.53. The number of halogens is 1. The third kappa shape index (κ3) is 3.67. The van der Waals surface area contributed by atoms with Gasteiger partial charge in [0.25, 0.3) is 0 Å². The highest BCUT2D eigenvalue weighted by atomic mass is 79.9. The van der Waals surface area contributed by atoms with Crippen molar-refractivity contribution in [3.63, 3.8) is 0 Å². The van der Waals surface area contributed by atoms with Crippen LogP contribution in [0.4, 0.5) is 0 Å². The Morgan fingerprint density at radius 3 is 2.72 bits per heavy atom. The van der Waals surface area contributed by atoms with Gasteiger partial charge in [-0.05, 0) is 36.0 Å². The molecule has 0 bridgehead atoms. The fourth-order valence-electron chi connectivity index (χ4n) is 2.00. The van der Waals surface area contributed by atoms with Crippen LogP contribution >= 0.6 is 27.3 Å². The van der Waals surface area contributed by atoms with Gasteiger partial charge in [-0.15, -0.1) is 11.3 Å². The average Bonchev–Trinajstić information content (AvgIpc) is 2.88. The normalized spacial score (nSPS) is 12.6. The van der Waals surface area contributed by atoms with Crippen LogP contribution in [0.5, 0.6) is 0 Å². The third-order valence-electron chi connectivity index (χ3n) is 2.91. The molecule has 1 aromatic carbocycles. The highest BCUT2D eigenvalue weighted by molar-refractivity contribution is 9.10. The van der Waals surface area contributed by atoms with Gasteiger partial charge < -0.3 is 5.32 Å². The molecule has 1 aromatic heterocycles. The van der Waals surface area contributed by atoms with Crippen LogP contribution in [-0.2, 0) is 6.42 Å². The molecule has 1 N–H and O–H groups in total. The molecule has 0 aliphatic carbocycles. The van der Waals surface area contributed by atoms with Crippen molar-refractivity contribution in [2.45, 2.75) is 25.8 Å². The van der Waals surface area contributed by atoms with Gasteiger partial charge >= 0.3 is 0 Å². The predicted molar refractivity (Wildman–Crippen MR) is 83.2 cm³/mol. The molecule has 0 aliphatic rings. The maximum atomic E-state index is 3.66. The van der Waals surface area contributed by atoms with Gasteiger partial charge in [-0.3, -0.25) is 0 Å². The minimum Gasteiger partial charge on any atom is -0.310 e. The van der Waals surface area contributed by atoms with E-state index in [-0.39, 0.29) is 0 Å². The molecule has 1 unspecified atom stereocenters. The minimum absolute atomic E-state index is 0.388. The second-order valence-electron chi connectivity index (χ2n) is 4.31. The van der Waals surface area contributed by atoms with E-state index in [4.69, 9.17) is 0 Å². The molecule has 2 rings (SSSR count). The Balaban J connectivity index is 2.16. The number of rotatable bonds is 6. The Kier molecular flexibility index (Phi) is 5.42. The summed E-state index contributed by atoms with van der Waals surface area (Å²) >= 11 is 5.49. The van der Waals surface area contributed by atoms with Crippen molar-refractivity contribution in [3.05, 3.63) is 56.7 Å². The van der Waals surface area contributed by atoms with Crippen molar-refractivity contribution in [1.82, 2.24) is 5.32 Å². The number of benzene rings is 1. The van der Waals surface area contributed by atoms with E-state index in [2.05, 4.69) is 69.9 Å². The van der Waals surface area contributed by atoms with Gasteiger partial charge in [0.1, 0.15) is 0 Å². The van der Waals surface area contributed by atoms with E-state index in [9.17, 15) is 0 Å². The lowest BCUT2D eigenvalue weighted by atomic mass is 10.0. The summed E-state index contributed by atoms with van der Waals surface area (Å²) in [6, 6.07) is 13.2. The Bertz CT molecular complexity index is 467. The average molecular weight is 324 g/mol. The Morgan fingerprint density at radius 2 is 2.06 bits per heavy atom. The number of hydrogen-bond donors (Lipinski definition) is 1. The first-order valence-corrected chi connectivity index (χ1v) is 7.98. The van der Waals surface area contributed by atoms with Gasteiger partial charge in [0.2, 0.25) is 0 Å². The van der Waals surface area contributed by atoms with Crippen molar-refractivity contribution >= 4 is 27.3 Å². The van der Waals surface area contributed by atoms with Crippen molar-refractivity contribution in [2.24, 2.45) is 0 Å². The second kappa shape index (κ2) is 7.07. The molecule has 0 amide bonds. The minimum atomic E-state index is 0.388. The molecule has 0 fully saturated rings. The van der Waals surface area contributed by atoms with Crippen LogP contribution in [0.25, 0.3) is 0 Å². The molecular formula is C15H18BrNS. The summed E-state index contributed by atoms with van der Waals surface area (Å²) < 4.78 is 1.19. The van der Waals surface area contributed by atoms with Gasteiger partial charge in [-0.1, -0.05) is 47.1 Å². The van der Waals surface area contributed by atoms with Crippen molar-refractivity contribution in [1.29, 1.82) is 0 Å². The molecule has 3 heteroatoms. The van der Waals surface area contributed by atoms with E-state index in [1.165, 1.54) is 14.9 Å². The summed E-state index contributed by atoms with van der Waals surface area (Å²) in [5.74, 6) is 0. The first-order valence-electron chi connectivity index (χ1n) is 6.31. The Hall–Kier alpha value is -0.640. The van der Waals surface area contributed by atoms with Crippen molar-refractivity contribution in [2.75, 3.05) is 6.54 Å². The topological polar surface area (TPSA) is 12.0 Å². The summed E-state index contributed by atoms with van der Waals surface area (Å²) in [5.41, 5.74) is 1.35. The molecule has 0 radical (unpaired) electrons. The standard InChI is InChI=1S/C15H18BrNS/c1-2-9-17-15(11-12-6-5-10-18-12)13-7-3-4-8-14(13)16/h3-8,10,15,17H,2,9,11H2,1H3. The van der Waals surface area contributed by atoms with E-state index in [1.807, 2.05) is 11.3 Å². The fraction of sp³-hybridized carbons (Fsp3) is 0.333. The Labute approximate surface area is 121 Å². The van der Waals surface area contributed by atoms with Crippen LogP contribution in [0.3, 0.4) is 0 Å². The smallest absolute Gasteiger partial charge is 0.0380 e. The molecular weight excluding hydrogens is 306 g/mol. The second-order valence-corrected chi connectivity index (χ2v) is 6.20. The van der Waals surface area contributed by atoms with Crippen LogP contribution < -0.4 is 5.32 Å². The van der Waals surface area contributed by atoms with E-state index < -0.39 is 0 Å². The van der Waals surface area contributed by atoms with E-state index in [1.54, 1.807) is 0 Å². The largest absolute Gasteiger partial charge is 0.310 e. The Morgan fingerprint density at radius 1 is 1.22 bits per heavy atom. The van der Waals surface area contributed by atoms with E-state index >= 15 is 0 Å². The van der Waals surface area contributed by atoms with Crippen LogP contribution in [0.1, 0.15) is 29.8 Å². The SMILES string of the molecule is CCCNC(Cc1cccs1)c1ccccc1Br. The maximum absolute atomic E-state index is 3.66. The fourth-order valence-corrected chi connectivity index (χ4v) is 3.31. The molecule has 0 aliphatic heterocycles. The summed E-state index contributed by atoms with van der Waals surface area (Å²) in [7, 11) is 0. The van der Waals surface area contributed by atoms with Gasteiger partial charge in [0.05, 0.1) is 0 Å². The molecule has 0 saturated carbocycles. The number of thiophene rings is 1. The van der Waals surface area contributed by atoms with Crippen LogP contribution in [0, 0.1) is 0 Å². The zero-order valence-electron chi connectivity index (χ0n) is 10.5. The molecule has 1 nitrogen and oxygen atoms in total. The lowest BCUT2D eigenvalue weighted by Crippen LogP contribution is -2.24. The highest BCUT2D eigenvalue weighted by Gasteiger charge is 2.14. The zero-order chi connectivity index (χ0) is 12.8. The lowest BCUT2D eigenvalue weighted by Gasteiger charge is -2.19. The van der Waals surface area contributed by atoms with Gasteiger partial charge in [0.15, 0.2) is 0 Å². The first-order chi connectivity index (χ1) is 8.81. The summed E-state index contributed by atoms with van der Waals surface area (Å²) in [4.78, 5) is 1.43. The molecule has 96 valence electrons. The first kappa shape index (κ1) is 13.8. The van der Waals surface area contributed by atoms with Crippen molar-refractivity contribution < 1.29 is 0 Å². The quantitative estimate of drug-likeness (QED) is 0.805. The monoisotopic (exact) mass is 323 g/mol. The summed E-state index contributed by atoms with van der Waals surface area (Å²) in [6.07, 6.45) is 2.21. The van der Waals surface area contributed by atoms with Crippen LogP contribution in [0.2, 0.25) is 0 Å². The molecule has 0 saturated heterocycles. The van der Waals surface area contributed by atoms with Gasteiger partial charge in [0, 0.05) is 21.8 Å². The molecule has 0 spiro atoms. The van der Waals surface area contributed by atoms with Gasteiger partial charge in [-0.2, -0.15) is 0 Å². The number of nitrogens with one attached hydrogen (secondary N) is 1. The van der Waals surface area contributed by atoms with E-state index in [0.29, 0.717) is 6.04 Å². The predicted octanol–water partition coefficient (Wildman–Crippen LogP) is 4.79. The van der Waals surface area contributed by atoms with E-state index in [0.717, 1.165) is 19.4 Å². The molecule has 1 atom stereocenters. The number of hydrogen-bond acceptors (Lipinski definition) is 2. The summed E-state index contributed by atoms with van der Waals surface area (Å²) in [6.45, 7) is 3.26. The molecule has 2 aromatic rings. The van der Waals surface area contributed by atoms with Crippen molar-refractivity contribution in [3.8, 4) is 0 Å². The highest BCUT2D eigenvalue weighted by Crippen LogP contribution is 2.27. The van der Waals surface area contributed by atoms with Crippen LogP contribution in [-0.4, -0.2) is 6.54 Å². The molecule has 18 heavy (non-hydrogen) atoms. The summed E-state index contributed by atoms with van der Waals surface area (Å²) in [5, 5.41) is 5.79. The molecule has 1 heterocycles. The lowest BCUT2D eigenvalue weighted by molar-refractivity contribution is 0.530. The maximum Gasteiger partial charge on any atom is 0.0380 e. The zero-order valence-corrected chi connectivity index (χ0v) is 12.9. The van der Waals surface area contributed by atoms with Crippen LogP contribution in [0.15, 0.2) is 46.3 Å².